The number of hydrogen-bond donors (Lipinski definition) is 0. The summed E-state index contributed by atoms with van der Waals surface area (Å²) in [6.07, 6.45) is -9.68. The maximum atomic E-state index is 13.2. The summed E-state index contributed by atoms with van der Waals surface area (Å²) < 4.78 is 79.4. The van der Waals surface area contributed by atoms with E-state index in [4.69, 9.17) is 0 Å². The first-order valence-corrected chi connectivity index (χ1v) is 11.2. The van der Waals surface area contributed by atoms with E-state index in [0.29, 0.717) is 5.57 Å². The molecule has 1 aliphatic carbocycles. The summed E-state index contributed by atoms with van der Waals surface area (Å²) in [5.41, 5.74) is 0.858. The summed E-state index contributed by atoms with van der Waals surface area (Å²) in [7, 11) is -1.49. The van der Waals surface area contributed by atoms with Crippen LogP contribution in [-0.2, 0) is 12.4 Å². The van der Waals surface area contributed by atoms with Crippen molar-refractivity contribution in [2.24, 2.45) is 0 Å². The first kappa shape index (κ1) is 20.8. The van der Waals surface area contributed by atoms with Gasteiger partial charge in [-0.05, 0) is 61.3 Å². The van der Waals surface area contributed by atoms with E-state index in [-0.39, 0.29) is 11.6 Å². The molecular formula is C19H22F6Si. The Morgan fingerprint density at radius 3 is 1.54 bits per heavy atom. The van der Waals surface area contributed by atoms with Crippen LogP contribution in [0.4, 0.5) is 26.3 Å². The second-order valence-corrected chi connectivity index (χ2v) is 10.9. The molecule has 0 heterocycles. The molecular weight excluding hydrogens is 370 g/mol. The first-order chi connectivity index (χ1) is 11.6. The number of alkyl halides is 6. The predicted octanol–water partition coefficient (Wildman–Crippen LogP) is 7.09. The molecule has 1 unspecified atom stereocenters. The fourth-order valence-corrected chi connectivity index (χ4v) is 5.82. The zero-order chi connectivity index (χ0) is 20.2. The molecule has 7 heteroatoms. The smallest absolute Gasteiger partial charge is 0.166 e. The van der Waals surface area contributed by atoms with Crippen LogP contribution in [0.1, 0.15) is 44.4 Å². The minimum absolute atomic E-state index is 0.0181. The highest BCUT2D eigenvalue weighted by molar-refractivity contribution is 6.63. The van der Waals surface area contributed by atoms with E-state index in [1.165, 1.54) is 0 Å². The molecule has 144 valence electrons. The number of benzene rings is 1. The molecule has 0 amide bonds. The van der Waals surface area contributed by atoms with Crippen LogP contribution in [0.3, 0.4) is 0 Å². The quantitative estimate of drug-likeness (QED) is 0.372. The van der Waals surface area contributed by atoms with Crippen molar-refractivity contribution in [1.82, 2.24) is 0 Å². The lowest BCUT2D eigenvalue weighted by Gasteiger charge is -2.35. The Morgan fingerprint density at radius 1 is 0.769 bits per heavy atom. The number of hydrogen-bond acceptors (Lipinski definition) is 0. The molecule has 1 aliphatic rings. The van der Waals surface area contributed by atoms with Crippen molar-refractivity contribution in [3.05, 3.63) is 51.6 Å². The van der Waals surface area contributed by atoms with Gasteiger partial charge in [-0.15, -0.1) is 0 Å². The lowest BCUT2D eigenvalue weighted by atomic mass is 9.88. The highest BCUT2D eigenvalue weighted by Gasteiger charge is 2.44. The van der Waals surface area contributed by atoms with E-state index in [1.807, 2.05) is 20.8 Å². The standard InChI is InChI=1S/C19H22F6Si/c1-10-11(2)16(17(4,12(10)3)26(5)6)13-7-14(18(20,21)22)9-15(8-13)19(23,24)25/h7-9,26H,1-6H3. The Hall–Kier alpha value is -1.50. The monoisotopic (exact) mass is 392 g/mol. The fourth-order valence-electron chi connectivity index (χ4n) is 3.77. The molecule has 1 atom stereocenters. The van der Waals surface area contributed by atoms with E-state index >= 15 is 0 Å². The third-order valence-electron chi connectivity index (χ3n) is 5.83. The van der Waals surface area contributed by atoms with E-state index < -0.39 is 37.3 Å². The normalized spacial score (nSPS) is 22.0. The maximum absolute atomic E-state index is 13.2. The van der Waals surface area contributed by atoms with Crippen LogP contribution in [0, 0.1) is 0 Å². The van der Waals surface area contributed by atoms with E-state index in [1.54, 1.807) is 6.92 Å². The summed E-state index contributed by atoms with van der Waals surface area (Å²) >= 11 is 0. The molecule has 0 bridgehead atoms. The maximum Gasteiger partial charge on any atom is 0.416 e. The third-order valence-corrected chi connectivity index (χ3v) is 8.86. The average molecular weight is 392 g/mol. The average Bonchev–Trinajstić information content (AvgIpc) is 2.67. The van der Waals surface area contributed by atoms with Crippen LogP contribution in [0.5, 0.6) is 0 Å². The summed E-state index contributed by atoms with van der Waals surface area (Å²) in [5, 5.41) is -0.485. The van der Waals surface area contributed by atoms with Gasteiger partial charge in [0.15, 0.2) is 0 Å². The van der Waals surface area contributed by atoms with Crippen molar-refractivity contribution >= 4 is 14.4 Å². The molecule has 0 saturated heterocycles. The van der Waals surface area contributed by atoms with Crippen molar-refractivity contribution in [3.63, 3.8) is 0 Å². The van der Waals surface area contributed by atoms with Crippen LogP contribution in [0.15, 0.2) is 34.9 Å². The molecule has 0 aromatic heterocycles. The van der Waals surface area contributed by atoms with Gasteiger partial charge >= 0.3 is 12.4 Å². The molecule has 1 aromatic rings. The van der Waals surface area contributed by atoms with Crippen LogP contribution < -0.4 is 0 Å². The minimum atomic E-state index is -4.84. The molecule has 0 N–H and O–H groups in total. The van der Waals surface area contributed by atoms with Gasteiger partial charge in [0.1, 0.15) is 0 Å². The zero-order valence-corrected chi connectivity index (χ0v) is 16.7. The van der Waals surface area contributed by atoms with Gasteiger partial charge in [0, 0.05) is 13.8 Å². The number of rotatable bonds is 2. The van der Waals surface area contributed by atoms with Crippen LogP contribution >= 0.6 is 0 Å². The lowest BCUT2D eigenvalue weighted by molar-refractivity contribution is -0.143. The summed E-state index contributed by atoms with van der Waals surface area (Å²) in [6, 6.07) is 1.90. The summed E-state index contributed by atoms with van der Waals surface area (Å²) in [5.74, 6) is 0. The molecule has 0 radical (unpaired) electrons. The first-order valence-electron chi connectivity index (χ1n) is 8.31. The van der Waals surface area contributed by atoms with Crippen molar-refractivity contribution in [2.45, 2.75) is 58.2 Å². The Labute approximate surface area is 151 Å². The summed E-state index contributed by atoms with van der Waals surface area (Å²) in [4.78, 5) is 0. The van der Waals surface area contributed by atoms with Gasteiger partial charge in [-0.25, -0.2) is 0 Å². The van der Waals surface area contributed by atoms with Gasteiger partial charge in [-0.3, -0.25) is 0 Å². The molecule has 0 nitrogen and oxygen atoms in total. The predicted molar refractivity (Wildman–Crippen MR) is 94.7 cm³/mol. The highest BCUT2D eigenvalue weighted by Crippen LogP contribution is 2.59. The highest BCUT2D eigenvalue weighted by atomic mass is 28.3. The van der Waals surface area contributed by atoms with Gasteiger partial charge in [-0.1, -0.05) is 25.6 Å². The Balaban J connectivity index is 2.83. The van der Waals surface area contributed by atoms with Gasteiger partial charge in [0.25, 0.3) is 0 Å². The molecule has 1 aromatic carbocycles. The van der Waals surface area contributed by atoms with Crippen LogP contribution in [-0.4, -0.2) is 8.80 Å². The van der Waals surface area contributed by atoms with Gasteiger partial charge < -0.3 is 0 Å². The largest absolute Gasteiger partial charge is 0.416 e. The van der Waals surface area contributed by atoms with Gasteiger partial charge in [0.2, 0.25) is 0 Å². The van der Waals surface area contributed by atoms with E-state index in [0.717, 1.165) is 28.9 Å². The molecule has 0 aliphatic heterocycles. The second kappa shape index (κ2) is 6.29. The molecule has 0 saturated carbocycles. The topological polar surface area (TPSA) is 0 Å². The Kier molecular flexibility index (Phi) is 5.03. The molecule has 2 rings (SSSR count). The molecule has 0 fully saturated rings. The summed E-state index contributed by atoms with van der Waals surface area (Å²) in [6.45, 7) is 11.7. The van der Waals surface area contributed by atoms with Gasteiger partial charge in [-0.2, -0.15) is 26.3 Å². The van der Waals surface area contributed by atoms with Crippen molar-refractivity contribution in [3.8, 4) is 0 Å². The SMILES string of the molecule is CC1=C(C)C(C)([SiH](C)C)C(c2cc(C(F)(F)F)cc(C(F)(F)F)c2)=C1C. The molecule has 0 spiro atoms. The lowest BCUT2D eigenvalue weighted by Crippen LogP contribution is -2.26. The van der Waals surface area contributed by atoms with E-state index in [9.17, 15) is 26.3 Å². The number of halogens is 6. The fraction of sp³-hybridized carbons (Fsp3) is 0.474. The number of allylic oxidation sites excluding steroid dienone is 4. The minimum Gasteiger partial charge on any atom is -0.166 e. The zero-order valence-electron chi connectivity index (χ0n) is 15.6. The van der Waals surface area contributed by atoms with E-state index in [2.05, 4.69) is 13.1 Å². The Morgan fingerprint density at radius 2 is 1.19 bits per heavy atom. The van der Waals surface area contributed by atoms with Crippen LogP contribution in [0.25, 0.3) is 5.57 Å². The van der Waals surface area contributed by atoms with Crippen molar-refractivity contribution in [2.75, 3.05) is 0 Å². The van der Waals surface area contributed by atoms with Crippen molar-refractivity contribution < 1.29 is 26.3 Å². The van der Waals surface area contributed by atoms with Gasteiger partial charge in [0.05, 0.1) is 11.1 Å². The Bertz CT molecular complexity index is 763. The van der Waals surface area contributed by atoms with Crippen molar-refractivity contribution in [1.29, 1.82) is 0 Å². The van der Waals surface area contributed by atoms with Crippen LogP contribution in [0.2, 0.25) is 18.1 Å². The molecule has 26 heavy (non-hydrogen) atoms. The third kappa shape index (κ3) is 3.26. The second-order valence-electron chi connectivity index (χ2n) is 7.40.